The van der Waals surface area contributed by atoms with Gasteiger partial charge in [0.2, 0.25) is 0 Å². The summed E-state index contributed by atoms with van der Waals surface area (Å²) in [5.74, 6) is 1.55. The van der Waals surface area contributed by atoms with Gasteiger partial charge in [-0.2, -0.15) is 5.10 Å². The van der Waals surface area contributed by atoms with Crippen molar-refractivity contribution in [2.24, 2.45) is 0 Å². The van der Waals surface area contributed by atoms with Gasteiger partial charge in [-0.3, -0.25) is 5.10 Å². The lowest BCUT2D eigenvalue weighted by atomic mass is 10.2. The van der Waals surface area contributed by atoms with E-state index in [1.165, 1.54) is 0 Å². The molecule has 2 aromatic carbocycles. The van der Waals surface area contributed by atoms with Gasteiger partial charge in [0, 0.05) is 11.3 Å². The maximum absolute atomic E-state index is 4.47. The van der Waals surface area contributed by atoms with Crippen LogP contribution in [0.3, 0.4) is 0 Å². The molecule has 0 radical (unpaired) electrons. The van der Waals surface area contributed by atoms with Crippen LogP contribution >= 0.6 is 0 Å². The van der Waals surface area contributed by atoms with Crippen LogP contribution in [0.2, 0.25) is 0 Å². The summed E-state index contributed by atoms with van der Waals surface area (Å²) in [5, 5.41) is 10.5. The number of hydrogen-bond acceptors (Lipinski definition) is 3. The fraction of sp³-hybridized carbons (Fsp3) is 0.0667. The summed E-state index contributed by atoms with van der Waals surface area (Å²) in [5.41, 5.74) is 2.09. The first-order valence-corrected chi connectivity index (χ1v) is 6.17. The summed E-state index contributed by atoms with van der Waals surface area (Å²) in [4.78, 5) is 4.47. The van der Waals surface area contributed by atoms with E-state index in [1.54, 1.807) is 0 Å². The number of benzene rings is 2. The van der Waals surface area contributed by atoms with Gasteiger partial charge in [-0.15, -0.1) is 0 Å². The molecule has 2 N–H and O–H groups in total. The highest BCUT2D eigenvalue weighted by atomic mass is 15.2. The Kier molecular flexibility index (Phi) is 3.23. The van der Waals surface area contributed by atoms with Crippen molar-refractivity contribution in [3.05, 3.63) is 66.5 Å². The van der Waals surface area contributed by atoms with Crippen LogP contribution in [0.15, 0.2) is 60.7 Å². The third kappa shape index (κ3) is 2.80. The van der Waals surface area contributed by atoms with Crippen molar-refractivity contribution in [1.82, 2.24) is 15.2 Å². The molecule has 0 fully saturated rings. The van der Waals surface area contributed by atoms with E-state index in [4.69, 9.17) is 0 Å². The SMILES string of the molecule is c1ccc(NCc2nc(-c3ccccc3)n[nH]2)cc1. The van der Waals surface area contributed by atoms with Crippen molar-refractivity contribution < 1.29 is 0 Å². The molecule has 3 aromatic rings. The summed E-state index contributed by atoms with van der Waals surface area (Å²) in [7, 11) is 0. The van der Waals surface area contributed by atoms with E-state index in [9.17, 15) is 0 Å². The Labute approximate surface area is 111 Å². The molecule has 0 aliphatic heterocycles. The average Bonchev–Trinajstić information content (AvgIpc) is 2.96. The van der Waals surface area contributed by atoms with Gasteiger partial charge in [-0.1, -0.05) is 48.5 Å². The molecule has 0 bridgehead atoms. The molecule has 0 aliphatic rings. The first-order valence-electron chi connectivity index (χ1n) is 6.17. The van der Waals surface area contributed by atoms with Gasteiger partial charge in [-0.05, 0) is 12.1 Å². The second-order valence-corrected chi connectivity index (χ2v) is 4.19. The van der Waals surface area contributed by atoms with Crippen molar-refractivity contribution in [2.75, 3.05) is 5.32 Å². The smallest absolute Gasteiger partial charge is 0.181 e. The Bertz CT molecular complexity index is 632. The average molecular weight is 250 g/mol. The Morgan fingerprint density at radius 3 is 2.32 bits per heavy atom. The maximum Gasteiger partial charge on any atom is 0.181 e. The largest absolute Gasteiger partial charge is 0.378 e. The fourth-order valence-corrected chi connectivity index (χ4v) is 1.83. The third-order valence-corrected chi connectivity index (χ3v) is 2.80. The molecule has 94 valence electrons. The van der Waals surface area contributed by atoms with Gasteiger partial charge in [0.05, 0.1) is 6.54 Å². The zero-order valence-corrected chi connectivity index (χ0v) is 10.4. The van der Waals surface area contributed by atoms with Gasteiger partial charge in [-0.25, -0.2) is 4.98 Å². The van der Waals surface area contributed by atoms with Crippen molar-refractivity contribution in [1.29, 1.82) is 0 Å². The molecular weight excluding hydrogens is 236 g/mol. The lowest BCUT2D eigenvalue weighted by Gasteiger charge is -2.02. The predicted octanol–water partition coefficient (Wildman–Crippen LogP) is 3.08. The van der Waals surface area contributed by atoms with Crippen LogP contribution in [0.5, 0.6) is 0 Å². The number of para-hydroxylation sites is 1. The highest BCUT2D eigenvalue weighted by molar-refractivity contribution is 5.54. The zero-order chi connectivity index (χ0) is 12.9. The highest BCUT2D eigenvalue weighted by Crippen LogP contribution is 2.14. The molecule has 1 heterocycles. The normalized spacial score (nSPS) is 10.3. The van der Waals surface area contributed by atoms with Crippen molar-refractivity contribution in [2.45, 2.75) is 6.54 Å². The molecule has 4 nitrogen and oxygen atoms in total. The number of nitrogens with zero attached hydrogens (tertiary/aromatic N) is 2. The van der Waals surface area contributed by atoms with Gasteiger partial charge < -0.3 is 5.32 Å². The second-order valence-electron chi connectivity index (χ2n) is 4.19. The Morgan fingerprint density at radius 1 is 0.895 bits per heavy atom. The Balaban J connectivity index is 1.69. The predicted molar refractivity (Wildman–Crippen MR) is 75.6 cm³/mol. The molecule has 19 heavy (non-hydrogen) atoms. The number of nitrogens with one attached hydrogen (secondary N) is 2. The van der Waals surface area contributed by atoms with Crippen LogP contribution in [-0.2, 0) is 6.54 Å². The lowest BCUT2D eigenvalue weighted by Crippen LogP contribution is -2.00. The van der Waals surface area contributed by atoms with Gasteiger partial charge in [0.25, 0.3) is 0 Å². The number of H-pyrrole nitrogens is 1. The molecule has 0 aliphatic carbocycles. The van der Waals surface area contributed by atoms with Crippen LogP contribution in [0.1, 0.15) is 5.82 Å². The molecule has 0 spiro atoms. The van der Waals surface area contributed by atoms with E-state index in [0.717, 1.165) is 22.9 Å². The van der Waals surface area contributed by atoms with Gasteiger partial charge >= 0.3 is 0 Å². The minimum Gasteiger partial charge on any atom is -0.378 e. The standard InChI is InChI=1S/C15H14N4/c1-3-7-12(8-4-1)15-17-14(18-19-15)11-16-13-9-5-2-6-10-13/h1-10,16H,11H2,(H,17,18,19). The lowest BCUT2D eigenvalue weighted by molar-refractivity contribution is 0.955. The minimum atomic E-state index is 0.629. The molecule has 4 heteroatoms. The summed E-state index contributed by atoms with van der Waals surface area (Å²) in [6.45, 7) is 0.629. The van der Waals surface area contributed by atoms with E-state index >= 15 is 0 Å². The molecule has 0 amide bonds. The van der Waals surface area contributed by atoms with Crippen molar-refractivity contribution in [3.63, 3.8) is 0 Å². The molecule has 3 rings (SSSR count). The monoisotopic (exact) mass is 250 g/mol. The van der Waals surface area contributed by atoms with Crippen LogP contribution in [0, 0.1) is 0 Å². The van der Waals surface area contributed by atoms with Gasteiger partial charge in [0.15, 0.2) is 5.82 Å². The first kappa shape index (κ1) is 11.5. The highest BCUT2D eigenvalue weighted by Gasteiger charge is 2.04. The number of aromatic amines is 1. The molecular formula is C15H14N4. The van der Waals surface area contributed by atoms with Crippen molar-refractivity contribution >= 4 is 5.69 Å². The summed E-state index contributed by atoms with van der Waals surface area (Å²) < 4.78 is 0. The van der Waals surface area contributed by atoms with Crippen molar-refractivity contribution in [3.8, 4) is 11.4 Å². The number of aromatic nitrogens is 3. The van der Waals surface area contributed by atoms with E-state index in [1.807, 2.05) is 60.7 Å². The summed E-state index contributed by atoms with van der Waals surface area (Å²) in [6.07, 6.45) is 0. The van der Waals surface area contributed by atoms with Crippen LogP contribution in [0.4, 0.5) is 5.69 Å². The fourth-order valence-electron chi connectivity index (χ4n) is 1.83. The van der Waals surface area contributed by atoms with Gasteiger partial charge in [0.1, 0.15) is 5.82 Å². The minimum absolute atomic E-state index is 0.629. The van der Waals surface area contributed by atoms with E-state index < -0.39 is 0 Å². The van der Waals surface area contributed by atoms with Crippen LogP contribution in [-0.4, -0.2) is 15.2 Å². The summed E-state index contributed by atoms with van der Waals surface area (Å²) in [6, 6.07) is 20.0. The maximum atomic E-state index is 4.47. The molecule has 0 unspecified atom stereocenters. The van der Waals surface area contributed by atoms with E-state index in [0.29, 0.717) is 6.54 Å². The second kappa shape index (κ2) is 5.35. The Morgan fingerprint density at radius 2 is 1.58 bits per heavy atom. The van der Waals surface area contributed by atoms with E-state index in [-0.39, 0.29) is 0 Å². The Hall–Kier alpha value is -2.62. The molecule has 1 aromatic heterocycles. The molecule has 0 atom stereocenters. The first-order chi connectivity index (χ1) is 9.42. The third-order valence-electron chi connectivity index (χ3n) is 2.80. The molecule has 0 saturated carbocycles. The van der Waals surface area contributed by atoms with E-state index in [2.05, 4.69) is 20.5 Å². The quantitative estimate of drug-likeness (QED) is 0.748. The number of hydrogen-bond donors (Lipinski definition) is 2. The molecule has 0 saturated heterocycles. The number of rotatable bonds is 4. The van der Waals surface area contributed by atoms with Crippen LogP contribution < -0.4 is 5.32 Å². The topological polar surface area (TPSA) is 53.6 Å². The number of anilines is 1. The van der Waals surface area contributed by atoms with Crippen LogP contribution in [0.25, 0.3) is 11.4 Å². The zero-order valence-electron chi connectivity index (χ0n) is 10.4. The summed E-state index contributed by atoms with van der Waals surface area (Å²) >= 11 is 0.